The van der Waals surface area contributed by atoms with Gasteiger partial charge in [0.25, 0.3) is 0 Å². The molecule has 1 atom stereocenters. The number of halogens is 4. The van der Waals surface area contributed by atoms with Crippen LogP contribution in [0.25, 0.3) is 0 Å². The summed E-state index contributed by atoms with van der Waals surface area (Å²) in [5.74, 6) is -1.05. The van der Waals surface area contributed by atoms with Crippen molar-refractivity contribution in [3.63, 3.8) is 0 Å². The quantitative estimate of drug-likeness (QED) is 0.328. The van der Waals surface area contributed by atoms with Crippen molar-refractivity contribution in [1.29, 1.82) is 0 Å². The summed E-state index contributed by atoms with van der Waals surface area (Å²) in [5.41, 5.74) is 1.50. The molecule has 2 amide bonds. The molecule has 7 nitrogen and oxygen atoms in total. The molecule has 1 N–H and O–H groups in total. The Bertz CT molecular complexity index is 1420. The SMILES string of the molecule is CNC(=O)[C@H](Cc1ccccc1)N(Cc1ccc(Cl)c(Cl)c1)C(=O)CN(c1ccc(Cl)cc1Cl)S(C)(=O)=O. The standard InChI is InChI=1S/C26H25Cl4N3O4S/c1-31-26(35)24(13-17-6-4-3-5-7-17)32(15-18-8-10-20(28)21(29)12-18)25(34)16-33(38(2,36)37)23-11-9-19(27)14-22(23)30/h3-12,14,24H,13,15-16H2,1-2H3,(H,31,35)/t24-/m0/s1. The summed E-state index contributed by atoms with van der Waals surface area (Å²) in [7, 11) is -2.49. The summed E-state index contributed by atoms with van der Waals surface area (Å²) in [6.07, 6.45) is 1.16. The van der Waals surface area contributed by atoms with E-state index in [1.165, 1.54) is 30.1 Å². The van der Waals surface area contributed by atoms with E-state index in [0.29, 0.717) is 15.6 Å². The molecule has 0 aliphatic heterocycles. The van der Waals surface area contributed by atoms with Crippen LogP contribution in [0.3, 0.4) is 0 Å². The molecule has 3 aromatic rings. The Morgan fingerprint density at radius 1 is 0.868 bits per heavy atom. The number of sulfonamides is 1. The number of nitrogens with one attached hydrogen (secondary N) is 1. The van der Waals surface area contributed by atoms with Gasteiger partial charge in [0.1, 0.15) is 12.6 Å². The molecule has 12 heteroatoms. The van der Waals surface area contributed by atoms with Crippen LogP contribution < -0.4 is 9.62 Å². The smallest absolute Gasteiger partial charge is 0.244 e. The molecule has 0 heterocycles. The van der Waals surface area contributed by atoms with Crippen LogP contribution in [-0.2, 0) is 32.6 Å². The van der Waals surface area contributed by atoms with Crippen LogP contribution in [0.5, 0.6) is 0 Å². The first-order valence-electron chi connectivity index (χ1n) is 11.3. The number of anilines is 1. The number of benzene rings is 3. The Morgan fingerprint density at radius 2 is 1.55 bits per heavy atom. The Morgan fingerprint density at radius 3 is 2.13 bits per heavy atom. The van der Waals surface area contributed by atoms with Crippen molar-refractivity contribution in [2.45, 2.75) is 19.0 Å². The molecule has 3 rings (SSSR count). The first-order valence-corrected chi connectivity index (χ1v) is 14.7. The Balaban J connectivity index is 2.06. The van der Waals surface area contributed by atoms with Gasteiger partial charge in [0, 0.05) is 25.0 Å². The van der Waals surface area contributed by atoms with Crippen LogP contribution in [0.15, 0.2) is 66.7 Å². The number of hydrogen-bond acceptors (Lipinski definition) is 4. The van der Waals surface area contributed by atoms with Gasteiger partial charge in [-0.15, -0.1) is 0 Å². The highest BCUT2D eigenvalue weighted by Crippen LogP contribution is 2.31. The van der Waals surface area contributed by atoms with Crippen LogP contribution in [0.1, 0.15) is 11.1 Å². The number of hydrogen-bond donors (Lipinski definition) is 1. The maximum absolute atomic E-state index is 13.9. The highest BCUT2D eigenvalue weighted by Gasteiger charge is 2.33. The second-order valence-corrected chi connectivity index (χ2v) is 12.0. The van der Waals surface area contributed by atoms with Crippen molar-refractivity contribution in [2.24, 2.45) is 0 Å². The van der Waals surface area contributed by atoms with Crippen molar-refractivity contribution in [1.82, 2.24) is 10.2 Å². The van der Waals surface area contributed by atoms with Gasteiger partial charge >= 0.3 is 0 Å². The lowest BCUT2D eigenvalue weighted by Crippen LogP contribution is -2.52. The zero-order valence-electron chi connectivity index (χ0n) is 20.5. The van der Waals surface area contributed by atoms with Crippen LogP contribution in [-0.4, -0.2) is 51.0 Å². The molecule has 0 saturated heterocycles. The monoisotopic (exact) mass is 615 g/mol. The van der Waals surface area contributed by atoms with Gasteiger partial charge in [-0.25, -0.2) is 8.42 Å². The van der Waals surface area contributed by atoms with E-state index in [-0.39, 0.29) is 28.7 Å². The Hall–Kier alpha value is -2.49. The highest BCUT2D eigenvalue weighted by molar-refractivity contribution is 7.92. The first-order chi connectivity index (χ1) is 17.9. The Kier molecular flexibility index (Phi) is 10.3. The fourth-order valence-corrected chi connectivity index (χ4v) is 5.58. The van der Waals surface area contributed by atoms with E-state index in [0.717, 1.165) is 16.1 Å². The maximum Gasteiger partial charge on any atom is 0.244 e. The average Bonchev–Trinajstić information content (AvgIpc) is 2.86. The number of carbonyl (C=O) groups is 2. The topological polar surface area (TPSA) is 86.8 Å². The summed E-state index contributed by atoms with van der Waals surface area (Å²) >= 11 is 24.5. The van der Waals surface area contributed by atoms with Crippen molar-refractivity contribution < 1.29 is 18.0 Å². The van der Waals surface area contributed by atoms with Gasteiger partial charge in [0.05, 0.1) is 27.0 Å². The molecule has 3 aromatic carbocycles. The molecule has 0 bridgehead atoms. The molecule has 202 valence electrons. The molecule has 0 saturated carbocycles. The van der Waals surface area contributed by atoms with Gasteiger partial charge in [-0.3, -0.25) is 13.9 Å². The van der Waals surface area contributed by atoms with Gasteiger partial charge < -0.3 is 10.2 Å². The zero-order valence-corrected chi connectivity index (χ0v) is 24.3. The fraction of sp³-hybridized carbons (Fsp3) is 0.231. The van der Waals surface area contributed by atoms with Gasteiger partial charge in [-0.05, 0) is 41.5 Å². The van der Waals surface area contributed by atoms with E-state index in [1.807, 2.05) is 30.3 Å². The van der Waals surface area contributed by atoms with Gasteiger partial charge in [0.2, 0.25) is 21.8 Å². The average molecular weight is 617 g/mol. The minimum atomic E-state index is -3.96. The third-order valence-electron chi connectivity index (χ3n) is 5.71. The molecule has 0 fully saturated rings. The maximum atomic E-state index is 13.9. The largest absolute Gasteiger partial charge is 0.357 e. The molecule has 0 aliphatic rings. The van der Waals surface area contributed by atoms with E-state index in [9.17, 15) is 18.0 Å². The van der Waals surface area contributed by atoms with Crippen LogP contribution in [0, 0.1) is 0 Å². The number of amides is 2. The number of likely N-dealkylation sites (N-methyl/N-ethyl adjacent to an activating group) is 1. The van der Waals surface area contributed by atoms with Gasteiger partial charge in [-0.1, -0.05) is 82.8 Å². The lowest BCUT2D eigenvalue weighted by atomic mass is 10.0. The van der Waals surface area contributed by atoms with E-state index in [2.05, 4.69) is 5.32 Å². The number of rotatable bonds is 10. The predicted octanol–water partition coefficient (Wildman–Crippen LogP) is 5.45. The number of carbonyl (C=O) groups excluding carboxylic acids is 2. The van der Waals surface area contributed by atoms with E-state index in [4.69, 9.17) is 46.4 Å². The van der Waals surface area contributed by atoms with Crippen LogP contribution in [0.4, 0.5) is 5.69 Å². The normalized spacial score (nSPS) is 12.1. The lowest BCUT2D eigenvalue weighted by Gasteiger charge is -2.33. The van der Waals surface area contributed by atoms with Crippen LogP contribution in [0.2, 0.25) is 20.1 Å². The van der Waals surface area contributed by atoms with Gasteiger partial charge in [-0.2, -0.15) is 0 Å². The minimum Gasteiger partial charge on any atom is -0.357 e. The third kappa shape index (κ3) is 7.77. The van der Waals surface area contributed by atoms with E-state index >= 15 is 0 Å². The molecule has 0 unspecified atom stereocenters. The summed E-state index contributed by atoms with van der Waals surface area (Å²) in [6, 6.07) is 17.4. The lowest BCUT2D eigenvalue weighted by molar-refractivity contribution is -0.139. The molecular weight excluding hydrogens is 592 g/mol. The third-order valence-corrected chi connectivity index (χ3v) is 8.12. The fourth-order valence-electron chi connectivity index (χ4n) is 3.83. The Labute approximate surface area is 242 Å². The number of nitrogens with zero attached hydrogens (tertiary/aromatic N) is 2. The summed E-state index contributed by atoms with van der Waals surface area (Å²) < 4.78 is 26.4. The molecule has 0 aromatic heterocycles. The molecule has 38 heavy (non-hydrogen) atoms. The van der Waals surface area contributed by atoms with Crippen molar-refractivity contribution >= 4 is 73.9 Å². The predicted molar refractivity (Wildman–Crippen MR) is 154 cm³/mol. The molecule has 0 spiro atoms. The zero-order chi connectivity index (χ0) is 28.0. The second-order valence-electron chi connectivity index (χ2n) is 8.46. The molecule has 0 aliphatic carbocycles. The van der Waals surface area contributed by atoms with Crippen LogP contribution >= 0.6 is 46.4 Å². The van der Waals surface area contributed by atoms with Crippen molar-refractivity contribution in [3.8, 4) is 0 Å². The van der Waals surface area contributed by atoms with E-state index < -0.39 is 34.4 Å². The summed E-state index contributed by atoms with van der Waals surface area (Å²) in [6.45, 7) is -0.642. The van der Waals surface area contributed by atoms with Gasteiger partial charge in [0.15, 0.2) is 0 Å². The second kappa shape index (κ2) is 13.0. The van der Waals surface area contributed by atoms with E-state index in [1.54, 1.807) is 18.2 Å². The van der Waals surface area contributed by atoms with Crippen molar-refractivity contribution in [2.75, 3.05) is 24.2 Å². The molecule has 0 radical (unpaired) electrons. The van der Waals surface area contributed by atoms with Crippen molar-refractivity contribution in [3.05, 3.63) is 97.9 Å². The molecular formula is C26H25Cl4N3O4S. The summed E-state index contributed by atoms with van der Waals surface area (Å²) in [5, 5.41) is 3.59. The first kappa shape index (κ1) is 30.1. The minimum absolute atomic E-state index is 0.0351. The highest BCUT2D eigenvalue weighted by atomic mass is 35.5. The summed E-state index contributed by atoms with van der Waals surface area (Å²) in [4.78, 5) is 28.3.